The first kappa shape index (κ1) is 21.2. The summed E-state index contributed by atoms with van der Waals surface area (Å²) in [6, 6.07) is 13.8. The summed E-state index contributed by atoms with van der Waals surface area (Å²) in [4.78, 5) is 30.1. The summed E-state index contributed by atoms with van der Waals surface area (Å²) in [6.07, 6.45) is 1.66. The number of benzene rings is 1. The average Bonchev–Trinajstić information content (AvgIpc) is 3.33. The first-order valence-corrected chi connectivity index (χ1v) is 10.9. The van der Waals surface area contributed by atoms with Crippen molar-refractivity contribution in [2.75, 3.05) is 19.6 Å². The Morgan fingerprint density at radius 3 is 2.45 bits per heavy atom. The van der Waals surface area contributed by atoms with Gasteiger partial charge in [-0.05, 0) is 31.5 Å². The van der Waals surface area contributed by atoms with E-state index in [0.717, 1.165) is 10.9 Å². The largest absolute Gasteiger partial charge is 0.448 e. The topological polar surface area (TPSA) is 58.7 Å². The van der Waals surface area contributed by atoms with Crippen LogP contribution in [0.4, 0.5) is 0 Å². The fourth-order valence-electron chi connectivity index (χ4n) is 4.41. The van der Waals surface area contributed by atoms with Crippen LogP contribution >= 0.6 is 0 Å². The summed E-state index contributed by atoms with van der Waals surface area (Å²) < 4.78 is 7.75. The van der Waals surface area contributed by atoms with E-state index in [2.05, 4.69) is 19.1 Å². The highest BCUT2D eigenvalue weighted by molar-refractivity contribution is 5.98. The van der Waals surface area contributed by atoms with Gasteiger partial charge in [-0.25, -0.2) is 0 Å². The lowest BCUT2D eigenvalue weighted by Gasteiger charge is -2.42. The molecule has 1 fully saturated rings. The number of rotatable bonds is 3. The molecule has 164 valence electrons. The third-order valence-electron chi connectivity index (χ3n) is 6.15. The summed E-state index contributed by atoms with van der Waals surface area (Å²) in [5.41, 5.74) is 2.01. The molecule has 6 heteroatoms. The second-order valence-electron chi connectivity index (χ2n) is 9.52. The molecule has 6 nitrogen and oxygen atoms in total. The van der Waals surface area contributed by atoms with Gasteiger partial charge in [0.2, 0.25) is 11.6 Å². The van der Waals surface area contributed by atoms with E-state index in [1.165, 1.54) is 0 Å². The van der Waals surface area contributed by atoms with Crippen LogP contribution in [0.2, 0.25) is 0 Å². The number of fused-ring (bicyclic) bond motifs is 1. The highest BCUT2D eigenvalue weighted by Crippen LogP contribution is 2.30. The second kappa shape index (κ2) is 7.91. The molecule has 2 amide bonds. The number of amides is 2. The third kappa shape index (κ3) is 3.87. The van der Waals surface area contributed by atoms with Crippen LogP contribution in [0.15, 0.2) is 53.1 Å². The molecule has 0 unspecified atom stereocenters. The highest BCUT2D eigenvalue weighted by atomic mass is 16.3. The molecule has 0 radical (unpaired) electrons. The van der Waals surface area contributed by atoms with Crippen molar-refractivity contribution in [3.8, 4) is 0 Å². The zero-order chi connectivity index (χ0) is 22.3. The Morgan fingerprint density at radius 2 is 1.81 bits per heavy atom. The van der Waals surface area contributed by atoms with E-state index in [-0.39, 0.29) is 23.9 Å². The molecule has 31 heavy (non-hydrogen) atoms. The molecular weight excluding hydrogens is 390 g/mol. The summed E-state index contributed by atoms with van der Waals surface area (Å²) in [5, 5.41) is 0.917. The molecule has 1 aliphatic heterocycles. The van der Waals surface area contributed by atoms with Crippen LogP contribution < -0.4 is 0 Å². The van der Waals surface area contributed by atoms with Crippen LogP contribution in [-0.4, -0.2) is 51.9 Å². The van der Waals surface area contributed by atoms with Crippen LogP contribution in [0.25, 0.3) is 11.1 Å². The van der Waals surface area contributed by atoms with Crippen molar-refractivity contribution in [3.05, 3.63) is 60.0 Å². The lowest BCUT2D eigenvalue weighted by molar-refractivity contribution is -0.143. The van der Waals surface area contributed by atoms with E-state index >= 15 is 0 Å². The maximum Gasteiger partial charge on any atom is 0.270 e. The highest BCUT2D eigenvalue weighted by Gasteiger charge is 2.36. The molecular formula is C25H31N3O3. The number of aromatic nitrogens is 1. The monoisotopic (exact) mass is 421 g/mol. The summed E-state index contributed by atoms with van der Waals surface area (Å²) in [5.74, 6) is 0.106. The molecule has 0 bridgehead atoms. The SMILES string of the molecule is C[C@H](c1ccccc1)n1c(C(=O)N2CCN(C(=O)C(C)(C)C)[C@@H](C)C2)cc2ccoc21. The molecule has 0 N–H and O–H groups in total. The van der Waals surface area contributed by atoms with Gasteiger partial charge < -0.3 is 14.2 Å². The van der Waals surface area contributed by atoms with E-state index in [1.807, 2.05) is 72.4 Å². The van der Waals surface area contributed by atoms with Crippen molar-refractivity contribution in [2.45, 2.75) is 46.7 Å². The number of carbonyl (C=O) groups excluding carboxylic acids is 2. The molecule has 1 saturated heterocycles. The lowest BCUT2D eigenvalue weighted by atomic mass is 9.93. The van der Waals surface area contributed by atoms with Crippen molar-refractivity contribution in [1.29, 1.82) is 0 Å². The van der Waals surface area contributed by atoms with E-state index in [1.54, 1.807) is 6.26 Å². The van der Waals surface area contributed by atoms with Crippen LogP contribution in [0, 0.1) is 5.41 Å². The van der Waals surface area contributed by atoms with Gasteiger partial charge >= 0.3 is 0 Å². The molecule has 0 spiro atoms. The van der Waals surface area contributed by atoms with Crippen LogP contribution in [0.1, 0.15) is 56.7 Å². The van der Waals surface area contributed by atoms with E-state index in [0.29, 0.717) is 31.0 Å². The van der Waals surface area contributed by atoms with Gasteiger partial charge in [0, 0.05) is 36.5 Å². The Labute approximate surface area is 183 Å². The number of hydrogen-bond acceptors (Lipinski definition) is 3. The van der Waals surface area contributed by atoms with Crippen molar-refractivity contribution >= 4 is 22.9 Å². The van der Waals surface area contributed by atoms with E-state index < -0.39 is 5.41 Å². The van der Waals surface area contributed by atoms with E-state index in [4.69, 9.17) is 4.42 Å². The summed E-state index contributed by atoms with van der Waals surface area (Å²) in [6.45, 7) is 11.5. The smallest absolute Gasteiger partial charge is 0.270 e. The molecule has 4 rings (SSSR count). The van der Waals surface area contributed by atoms with Crippen molar-refractivity contribution in [3.63, 3.8) is 0 Å². The van der Waals surface area contributed by atoms with Gasteiger partial charge in [0.1, 0.15) is 5.69 Å². The zero-order valence-corrected chi connectivity index (χ0v) is 19.0. The molecule has 3 heterocycles. The predicted molar refractivity (Wildman–Crippen MR) is 121 cm³/mol. The fraction of sp³-hybridized carbons (Fsp3) is 0.440. The lowest BCUT2D eigenvalue weighted by Crippen LogP contribution is -2.57. The Bertz CT molecular complexity index is 1090. The number of carbonyl (C=O) groups is 2. The number of piperazine rings is 1. The van der Waals surface area contributed by atoms with Crippen LogP contribution in [0.3, 0.4) is 0 Å². The maximum absolute atomic E-state index is 13.6. The number of nitrogens with zero attached hydrogens (tertiary/aromatic N) is 3. The Kier molecular flexibility index (Phi) is 5.42. The van der Waals surface area contributed by atoms with Crippen molar-refractivity contribution in [1.82, 2.24) is 14.4 Å². The standard InChI is InChI=1S/C25H31N3O3/c1-17-16-26(12-13-27(17)24(30)25(3,4)5)22(29)21-15-20-11-14-31-23(20)28(21)18(2)19-9-7-6-8-10-19/h6-11,14-15,17-18H,12-13,16H2,1-5H3/t17-,18+/m0/s1. The first-order chi connectivity index (χ1) is 14.7. The minimum Gasteiger partial charge on any atom is -0.448 e. The van der Waals surface area contributed by atoms with Gasteiger partial charge in [-0.2, -0.15) is 0 Å². The third-order valence-corrected chi connectivity index (χ3v) is 6.15. The van der Waals surface area contributed by atoms with Gasteiger partial charge in [-0.1, -0.05) is 51.1 Å². The Morgan fingerprint density at radius 1 is 1.10 bits per heavy atom. The average molecular weight is 422 g/mol. The quantitative estimate of drug-likeness (QED) is 0.623. The van der Waals surface area contributed by atoms with Gasteiger partial charge in [0.15, 0.2) is 0 Å². The maximum atomic E-state index is 13.6. The van der Waals surface area contributed by atoms with Gasteiger partial charge in [-0.3, -0.25) is 14.2 Å². The molecule has 0 saturated carbocycles. The van der Waals surface area contributed by atoms with E-state index in [9.17, 15) is 9.59 Å². The Balaban J connectivity index is 1.62. The van der Waals surface area contributed by atoms with Gasteiger partial charge in [0.25, 0.3) is 5.91 Å². The number of furan rings is 1. The van der Waals surface area contributed by atoms with Gasteiger partial charge in [0.05, 0.1) is 12.3 Å². The van der Waals surface area contributed by atoms with Crippen molar-refractivity contribution in [2.24, 2.45) is 5.41 Å². The zero-order valence-electron chi connectivity index (χ0n) is 19.0. The predicted octanol–water partition coefficient (Wildman–Crippen LogP) is 4.56. The Hall–Kier alpha value is -3.02. The fourth-order valence-corrected chi connectivity index (χ4v) is 4.41. The molecule has 3 aromatic rings. The molecule has 2 atom stereocenters. The molecule has 2 aromatic heterocycles. The van der Waals surface area contributed by atoms with Crippen LogP contribution in [-0.2, 0) is 4.79 Å². The minimum absolute atomic E-state index is 0.0242. The molecule has 1 aliphatic rings. The molecule has 1 aromatic carbocycles. The number of hydrogen-bond donors (Lipinski definition) is 0. The summed E-state index contributed by atoms with van der Waals surface area (Å²) >= 11 is 0. The normalized spacial score (nSPS) is 18.4. The van der Waals surface area contributed by atoms with Crippen molar-refractivity contribution < 1.29 is 14.0 Å². The second-order valence-corrected chi connectivity index (χ2v) is 9.52. The molecule has 0 aliphatic carbocycles. The minimum atomic E-state index is -0.426. The van der Waals surface area contributed by atoms with Gasteiger partial charge in [-0.15, -0.1) is 0 Å². The summed E-state index contributed by atoms with van der Waals surface area (Å²) in [7, 11) is 0. The first-order valence-electron chi connectivity index (χ1n) is 10.9. The van der Waals surface area contributed by atoms with Crippen LogP contribution in [0.5, 0.6) is 0 Å².